The molecule has 0 amide bonds. The normalized spacial score (nSPS) is 27.7. The lowest BCUT2D eigenvalue weighted by Gasteiger charge is -2.52. The smallest absolute Gasteiger partial charge is 0.118 e. The van der Waals surface area contributed by atoms with E-state index in [0.29, 0.717) is 6.42 Å². The van der Waals surface area contributed by atoms with Crippen molar-refractivity contribution in [2.75, 3.05) is 14.2 Å². The number of benzene rings is 3. The van der Waals surface area contributed by atoms with E-state index in [1.54, 1.807) is 14.2 Å². The SMILES string of the molecule is COc1ccc([C@@H]2N[C@@H](c3ccc(OC)cc3)[C@H](C)C(O)(Cc3ccccc3)[C@@H]2C)cc1. The van der Waals surface area contributed by atoms with Crippen LogP contribution in [0.2, 0.25) is 0 Å². The summed E-state index contributed by atoms with van der Waals surface area (Å²) in [6, 6.07) is 26.6. The number of piperidine rings is 1. The van der Waals surface area contributed by atoms with Crippen LogP contribution in [0.4, 0.5) is 0 Å². The lowest BCUT2D eigenvalue weighted by molar-refractivity contribution is -0.110. The first-order chi connectivity index (χ1) is 15.5. The van der Waals surface area contributed by atoms with Gasteiger partial charge in [-0.25, -0.2) is 0 Å². The Morgan fingerprint density at radius 2 is 1.16 bits per heavy atom. The largest absolute Gasteiger partial charge is 0.497 e. The van der Waals surface area contributed by atoms with Gasteiger partial charge in [0.25, 0.3) is 0 Å². The van der Waals surface area contributed by atoms with Crippen molar-refractivity contribution in [3.8, 4) is 11.5 Å². The van der Waals surface area contributed by atoms with Gasteiger partial charge in [-0.15, -0.1) is 0 Å². The molecule has 1 saturated heterocycles. The molecule has 4 rings (SSSR count). The molecule has 1 fully saturated rings. The first kappa shape index (κ1) is 22.4. The molecule has 0 aromatic heterocycles. The van der Waals surface area contributed by atoms with Crippen molar-refractivity contribution >= 4 is 0 Å². The van der Waals surface area contributed by atoms with Gasteiger partial charge in [-0.3, -0.25) is 0 Å². The summed E-state index contributed by atoms with van der Waals surface area (Å²) in [5.41, 5.74) is 2.56. The Morgan fingerprint density at radius 3 is 1.56 bits per heavy atom. The molecule has 0 spiro atoms. The molecule has 32 heavy (non-hydrogen) atoms. The van der Waals surface area contributed by atoms with E-state index >= 15 is 0 Å². The van der Waals surface area contributed by atoms with Gasteiger partial charge >= 0.3 is 0 Å². The minimum absolute atomic E-state index is 0.000555. The van der Waals surface area contributed by atoms with E-state index in [0.717, 1.165) is 28.2 Å². The molecule has 0 saturated carbocycles. The summed E-state index contributed by atoms with van der Waals surface area (Å²) >= 11 is 0. The molecule has 168 valence electrons. The first-order valence-corrected chi connectivity index (χ1v) is 11.3. The van der Waals surface area contributed by atoms with Crippen molar-refractivity contribution in [3.05, 3.63) is 95.6 Å². The monoisotopic (exact) mass is 431 g/mol. The molecule has 0 radical (unpaired) electrons. The Bertz CT molecular complexity index is 942. The van der Waals surface area contributed by atoms with Crippen LogP contribution in [-0.2, 0) is 6.42 Å². The van der Waals surface area contributed by atoms with E-state index < -0.39 is 5.60 Å². The average molecular weight is 432 g/mol. The highest BCUT2D eigenvalue weighted by Gasteiger charge is 2.51. The maximum Gasteiger partial charge on any atom is 0.118 e. The Kier molecular flexibility index (Phi) is 6.54. The molecule has 1 aliphatic heterocycles. The minimum Gasteiger partial charge on any atom is -0.497 e. The second-order valence-corrected chi connectivity index (χ2v) is 8.90. The molecule has 0 aliphatic carbocycles. The summed E-state index contributed by atoms with van der Waals surface area (Å²) in [7, 11) is 3.35. The second kappa shape index (κ2) is 9.35. The molecule has 1 heterocycles. The third kappa shape index (κ3) is 4.25. The molecule has 3 aromatic rings. The van der Waals surface area contributed by atoms with Gasteiger partial charge in [0.1, 0.15) is 11.5 Å². The highest BCUT2D eigenvalue weighted by Crippen LogP contribution is 2.48. The molecule has 3 aromatic carbocycles. The molecular weight excluding hydrogens is 398 g/mol. The fourth-order valence-corrected chi connectivity index (χ4v) is 5.11. The maximum absolute atomic E-state index is 12.2. The first-order valence-electron chi connectivity index (χ1n) is 11.3. The average Bonchev–Trinajstić information content (AvgIpc) is 2.84. The summed E-state index contributed by atoms with van der Waals surface area (Å²) in [6.45, 7) is 4.32. The van der Waals surface area contributed by atoms with E-state index in [1.807, 2.05) is 42.5 Å². The number of ether oxygens (including phenoxy) is 2. The molecule has 5 atom stereocenters. The topological polar surface area (TPSA) is 50.7 Å². The Balaban J connectivity index is 1.74. The number of rotatable bonds is 6. The van der Waals surface area contributed by atoms with Crippen LogP contribution < -0.4 is 14.8 Å². The van der Waals surface area contributed by atoms with Crippen molar-refractivity contribution in [1.82, 2.24) is 5.32 Å². The number of nitrogens with one attached hydrogen (secondary N) is 1. The number of aliphatic hydroxyl groups is 1. The summed E-state index contributed by atoms with van der Waals surface area (Å²) < 4.78 is 10.7. The zero-order valence-corrected chi connectivity index (χ0v) is 19.3. The lowest BCUT2D eigenvalue weighted by atomic mass is 9.64. The summed E-state index contributed by atoms with van der Waals surface area (Å²) in [5.74, 6) is 1.66. The highest BCUT2D eigenvalue weighted by atomic mass is 16.5. The van der Waals surface area contributed by atoms with Crippen LogP contribution in [0.3, 0.4) is 0 Å². The molecule has 1 aliphatic rings. The van der Waals surface area contributed by atoms with Gasteiger partial charge < -0.3 is 19.9 Å². The molecular formula is C28H33NO3. The summed E-state index contributed by atoms with van der Waals surface area (Å²) in [5, 5.41) is 16.1. The van der Waals surface area contributed by atoms with Crippen LogP contribution >= 0.6 is 0 Å². The fraction of sp³-hybridized carbons (Fsp3) is 0.357. The second-order valence-electron chi connectivity index (χ2n) is 8.90. The van der Waals surface area contributed by atoms with E-state index in [-0.39, 0.29) is 23.9 Å². The van der Waals surface area contributed by atoms with Crippen molar-refractivity contribution in [2.45, 2.75) is 38.0 Å². The lowest BCUT2D eigenvalue weighted by Crippen LogP contribution is -2.58. The van der Waals surface area contributed by atoms with E-state index in [1.165, 1.54) is 0 Å². The van der Waals surface area contributed by atoms with E-state index in [9.17, 15) is 5.11 Å². The number of hydrogen-bond acceptors (Lipinski definition) is 4. The van der Waals surface area contributed by atoms with E-state index in [2.05, 4.69) is 55.6 Å². The van der Waals surface area contributed by atoms with Crippen LogP contribution in [-0.4, -0.2) is 24.9 Å². The van der Waals surface area contributed by atoms with Crippen molar-refractivity contribution in [1.29, 1.82) is 0 Å². The highest BCUT2D eigenvalue weighted by molar-refractivity contribution is 5.35. The van der Waals surface area contributed by atoms with Crippen molar-refractivity contribution in [2.24, 2.45) is 11.8 Å². The third-order valence-corrected chi connectivity index (χ3v) is 7.22. The third-order valence-electron chi connectivity index (χ3n) is 7.22. The van der Waals surface area contributed by atoms with Crippen molar-refractivity contribution < 1.29 is 14.6 Å². The molecule has 4 heteroatoms. The van der Waals surface area contributed by atoms with Gasteiger partial charge in [-0.1, -0.05) is 68.4 Å². The Hall–Kier alpha value is -2.82. The Labute approximate surface area is 191 Å². The number of methoxy groups -OCH3 is 2. The van der Waals surface area contributed by atoms with Crippen LogP contribution in [0.15, 0.2) is 78.9 Å². The van der Waals surface area contributed by atoms with E-state index in [4.69, 9.17) is 9.47 Å². The minimum atomic E-state index is -0.887. The molecule has 1 unspecified atom stereocenters. The number of hydrogen-bond donors (Lipinski definition) is 2. The quantitative estimate of drug-likeness (QED) is 0.553. The van der Waals surface area contributed by atoms with Gasteiger partial charge in [-0.2, -0.15) is 0 Å². The zero-order valence-electron chi connectivity index (χ0n) is 19.3. The predicted molar refractivity (Wildman–Crippen MR) is 128 cm³/mol. The van der Waals surface area contributed by atoms with Gasteiger partial charge in [0, 0.05) is 30.3 Å². The van der Waals surface area contributed by atoms with Gasteiger partial charge in [-0.05, 0) is 41.0 Å². The van der Waals surface area contributed by atoms with Gasteiger partial charge in [0.05, 0.1) is 19.8 Å². The summed E-state index contributed by atoms with van der Waals surface area (Å²) in [6.07, 6.45) is 0.608. The van der Waals surface area contributed by atoms with Gasteiger partial charge in [0.2, 0.25) is 0 Å². The summed E-state index contributed by atoms with van der Waals surface area (Å²) in [4.78, 5) is 0. The van der Waals surface area contributed by atoms with Crippen LogP contribution in [0.25, 0.3) is 0 Å². The standard InChI is InChI=1S/C28H33NO3/c1-19-26(22-10-14-24(31-3)15-11-22)29-27(23-12-16-25(32-4)17-13-23)20(2)28(19,30)18-21-8-6-5-7-9-21/h5-17,19-20,26-27,29-30H,18H2,1-4H3/t19-,20+,26-,27-,28?/m1/s1. The van der Waals surface area contributed by atoms with Crippen LogP contribution in [0, 0.1) is 11.8 Å². The van der Waals surface area contributed by atoms with Gasteiger partial charge in [0.15, 0.2) is 0 Å². The van der Waals surface area contributed by atoms with Crippen LogP contribution in [0.1, 0.15) is 42.6 Å². The predicted octanol–water partition coefficient (Wildman–Crippen LogP) is 5.34. The zero-order chi connectivity index (χ0) is 22.7. The molecule has 0 bridgehead atoms. The van der Waals surface area contributed by atoms with Crippen LogP contribution in [0.5, 0.6) is 11.5 Å². The fourth-order valence-electron chi connectivity index (χ4n) is 5.11. The molecule has 2 N–H and O–H groups in total. The van der Waals surface area contributed by atoms with Crippen molar-refractivity contribution in [3.63, 3.8) is 0 Å². The molecule has 4 nitrogen and oxygen atoms in total. The maximum atomic E-state index is 12.2. The Morgan fingerprint density at radius 1 is 0.719 bits per heavy atom.